The fraction of sp³-hybridized carbons (Fsp3) is 0.600. The standard InChI is InChI=1S/C15H22N2/c1-15(2)8-7-13(14(15)16)17-9-11-5-3-4-6-12(11)10-17/h3-6,13-14H,7-10,16H2,1-2H3. The zero-order valence-electron chi connectivity index (χ0n) is 10.8. The molecule has 0 aromatic heterocycles. The van der Waals surface area contributed by atoms with Gasteiger partial charge in [0.15, 0.2) is 0 Å². The Labute approximate surface area is 104 Å². The van der Waals surface area contributed by atoms with Gasteiger partial charge in [-0.2, -0.15) is 0 Å². The molecule has 1 aliphatic heterocycles. The van der Waals surface area contributed by atoms with Gasteiger partial charge < -0.3 is 5.73 Å². The number of hydrogen-bond donors (Lipinski definition) is 1. The predicted octanol–water partition coefficient (Wildman–Crippen LogP) is 2.52. The molecule has 1 fully saturated rings. The lowest BCUT2D eigenvalue weighted by atomic mass is 9.87. The summed E-state index contributed by atoms with van der Waals surface area (Å²) in [4.78, 5) is 2.57. The SMILES string of the molecule is CC1(C)CCC(N2Cc3ccccc3C2)C1N. The van der Waals surface area contributed by atoms with Crippen LogP contribution in [0.25, 0.3) is 0 Å². The molecule has 92 valence electrons. The monoisotopic (exact) mass is 230 g/mol. The topological polar surface area (TPSA) is 29.3 Å². The van der Waals surface area contributed by atoms with Crippen LogP contribution in [0.15, 0.2) is 24.3 Å². The average molecular weight is 230 g/mol. The minimum absolute atomic E-state index is 0.305. The molecule has 2 nitrogen and oxygen atoms in total. The van der Waals surface area contributed by atoms with Crippen molar-refractivity contribution >= 4 is 0 Å². The number of fused-ring (bicyclic) bond motifs is 1. The van der Waals surface area contributed by atoms with Crippen LogP contribution < -0.4 is 5.73 Å². The first-order valence-corrected chi connectivity index (χ1v) is 6.64. The Hall–Kier alpha value is -0.860. The molecule has 0 radical (unpaired) electrons. The Kier molecular flexibility index (Phi) is 2.53. The molecule has 1 saturated carbocycles. The Morgan fingerprint density at radius 3 is 2.24 bits per heavy atom. The van der Waals surface area contributed by atoms with E-state index in [0.717, 1.165) is 13.1 Å². The number of hydrogen-bond acceptors (Lipinski definition) is 2. The van der Waals surface area contributed by atoms with Gasteiger partial charge in [0.2, 0.25) is 0 Å². The van der Waals surface area contributed by atoms with Gasteiger partial charge in [-0.1, -0.05) is 38.1 Å². The van der Waals surface area contributed by atoms with Crippen molar-refractivity contribution in [3.8, 4) is 0 Å². The van der Waals surface area contributed by atoms with Gasteiger partial charge in [0.1, 0.15) is 0 Å². The van der Waals surface area contributed by atoms with E-state index in [0.29, 0.717) is 17.5 Å². The summed E-state index contributed by atoms with van der Waals surface area (Å²) in [5.74, 6) is 0. The minimum atomic E-state index is 0.305. The first kappa shape index (κ1) is 11.2. The van der Waals surface area contributed by atoms with Crippen molar-refractivity contribution in [1.82, 2.24) is 4.90 Å². The highest BCUT2D eigenvalue weighted by Crippen LogP contribution is 2.40. The van der Waals surface area contributed by atoms with Crippen LogP contribution in [0.3, 0.4) is 0 Å². The third kappa shape index (κ3) is 1.80. The van der Waals surface area contributed by atoms with E-state index >= 15 is 0 Å². The largest absolute Gasteiger partial charge is 0.326 e. The summed E-state index contributed by atoms with van der Waals surface area (Å²) in [5, 5.41) is 0. The lowest BCUT2D eigenvalue weighted by molar-refractivity contribution is 0.165. The van der Waals surface area contributed by atoms with Gasteiger partial charge in [0.05, 0.1) is 0 Å². The van der Waals surface area contributed by atoms with Crippen LogP contribution in [0.5, 0.6) is 0 Å². The first-order chi connectivity index (χ1) is 8.08. The molecule has 0 saturated heterocycles. The van der Waals surface area contributed by atoms with Crippen molar-refractivity contribution in [1.29, 1.82) is 0 Å². The van der Waals surface area contributed by atoms with Crippen molar-refractivity contribution in [2.75, 3.05) is 0 Å². The molecular formula is C15H22N2. The fourth-order valence-electron chi connectivity index (χ4n) is 3.39. The highest BCUT2D eigenvalue weighted by molar-refractivity contribution is 5.30. The molecule has 1 heterocycles. The molecule has 1 aliphatic carbocycles. The Bertz CT molecular complexity index is 400. The molecule has 2 aliphatic rings. The van der Waals surface area contributed by atoms with Gasteiger partial charge in [0.25, 0.3) is 0 Å². The summed E-state index contributed by atoms with van der Waals surface area (Å²) in [7, 11) is 0. The maximum atomic E-state index is 6.43. The third-order valence-corrected chi connectivity index (χ3v) is 4.74. The fourth-order valence-corrected chi connectivity index (χ4v) is 3.39. The van der Waals surface area contributed by atoms with Crippen LogP contribution in [0.4, 0.5) is 0 Å². The summed E-state index contributed by atoms with van der Waals surface area (Å²) in [5.41, 5.74) is 9.72. The smallest absolute Gasteiger partial charge is 0.0259 e. The molecule has 1 aromatic rings. The highest BCUT2D eigenvalue weighted by atomic mass is 15.2. The molecule has 2 N–H and O–H groups in total. The van der Waals surface area contributed by atoms with Crippen LogP contribution >= 0.6 is 0 Å². The minimum Gasteiger partial charge on any atom is -0.326 e. The second kappa shape index (κ2) is 3.82. The van der Waals surface area contributed by atoms with Crippen LogP contribution in [0, 0.1) is 5.41 Å². The average Bonchev–Trinajstić information content (AvgIpc) is 2.81. The highest BCUT2D eigenvalue weighted by Gasteiger charge is 2.43. The van der Waals surface area contributed by atoms with E-state index in [1.807, 2.05) is 0 Å². The van der Waals surface area contributed by atoms with E-state index in [1.54, 1.807) is 0 Å². The quantitative estimate of drug-likeness (QED) is 0.803. The van der Waals surface area contributed by atoms with E-state index in [4.69, 9.17) is 5.73 Å². The molecule has 2 heteroatoms. The number of rotatable bonds is 1. The molecule has 2 unspecified atom stereocenters. The molecule has 0 bridgehead atoms. The van der Waals surface area contributed by atoms with Gasteiger partial charge in [-0.05, 0) is 29.4 Å². The normalized spacial score (nSPS) is 31.7. The number of nitrogens with two attached hydrogens (primary N) is 1. The van der Waals surface area contributed by atoms with Crippen LogP contribution in [-0.4, -0.2) is 17.0 Å². The van der Waals surface area contributed by atoms with Crippen molar-refractivity contribution in [3.05, 3.63) is 35.4 Å². The van der Waals surface area contributed by atoms with Crippen molar-refractivity contribution in [2.45, 2.75) is 51.9 Å². The Balaban J connectivity index is 1.78. The van der Waals surface area contributed by atoms with Gasteiger partial charge in [-0.15, -0.1) is 0 Å². The summed E-state index contributed by atoms with van der Waals surface area (Å²) in [6, 6.07) is 9.66. The molecular weight excluding hydrogens is 208 g/mol. The van der Waals surface area contributed by atoms with E-state index in [1.165, 1.54) is 24.0 Å². The summed E-state index contributed by atoms with van der Waals surface area (Å²) in [6.45, 7) is 6.79. The number of benzene rings is 1. The van der Waals surface area contributed by atoms with Gasteiger partial charge >= 0.3 is 0 Å². The van der Waals surface area contributed by atoms with Crippen molar-refractivity contribution in [3.63, 3.8) is 0 Å². The van der Waals surface area contributed by atoms with Crippen molar-refractivity contribution < 1.29 is 0 Å². The summed E-state index contributed by atoms with van der Waals surface area (Å²) >= 11 is 0. The lowest BCUT2D eigenvalue weighted by Gasteiger charge is -2.32. The molecule has 0 amide bonds. The third-order valence-electron chi connectivity index (χ3n) is 4.74. The van der Waals surface area contributed by atoms with E-state index in [2.05, 4.69) is 43.0 Å². The zero-order chi connectivity index (χ0) is 12.0. The summed E-state index contributed by atoms with van der Waals surface area (Å²) < 4.78 is 0. The van der Waals surface area contributed by atoms with Gasteiger partial charge in [-0.3, -0.25) is 4.90 Å². The lowest BCUT2D eigenvalue weighted by Crippen LogP contribution is -2.47. The zero-order valence-corrected chi connectivity index (χ0v) is 10.8. The first-order valence-electron chi connectivity index (χ1n) is 6.64. The van der Waals surface area contributed by atoms with Crippen LogP contribution in [0.1, 0.15) is 37.8 Å². The van der Waals surface area contributed by atoms with Crippen LogP contribution in [-0.2, 0) is 13.1 Å². The molecule has 1 aromatic carbocycles. The second-order valence-electron chi connectivity index (χ2n) is 6.29. The Morgan fingerprint density at radius 2 is 1.76 bits per heavy atom. The predicted molar refractivity (Wildman–Crippen MR) is 70.5 cm³/mol. The molecule has 2 atom stereocenters. The van der Waals surface area contributed by atoms with E-state index in [-0.39, 0.29) is 0 Å². The second-order valence-corrected chi connectivity index (χ2v) is 6.29. The maximum absolute atomic E-state index is 6.43. The molecule has 0 spiro atoms. The number of nitrogens with zero attached hydrogens (tertiary/aromatic N) is 1. The van der Waals surface area contributed by atoms with Crippen molar-refractivity contribution in [2.24, 2.45) is 11.1 Å². The molecule has 3 rings (SSSR count). The van der Waals surface area contributed by atoms with E-state index < -0.39 is 0 Å². The van der Waals surface area contributed by atoms with Gasteiger partial charge in [0, 0.05) is 25.2 Å². The summed E-state index contributed by atoms with van der Waals surface area (Å²) in [6.07, 6.45) is 2.51. The maximum Gasteiger partial charge on any atom is 0.0259 e. The Morgan fingerprint density at radius 1 is 1.18 bits per heavy atom. The van der Waals surface area contributed by atoms with Crippen LogP contribution in [0.2, 0.25) is 0 Å². The van der Waals surface area contributed by atoms with E-state index in [9.17, 15) is 0 Å². The molecule has 17 heavy (non-hydrogen) atoms. The van der Waals surface area contributed by atoms with Gasteiger partial charge in [-0.25, -0.2) is 0 Å².